The van der Waals surface area contributed by atoms with E-state index in [1.807, 2.05) is 0 Å². The van der Waals surface area contributed by atoms with Gasteiger partial charge in [0.2, 0.25) is 0 Å². The topological polar surface area (TPSA) is 58.3 Å². The summed E-state index contributed by atoms with van der Waals surface area (Å²) < 4.78 is 5.48. The highest BCUT2D eigenvalue weighted by Crippen LogP contribution is 2.38. The van der Waals surface area contributed by atoms with Gasteiger partial charge in [-0.3, -0.25) is 0 Å². The van der Waals surface area contributed by atoms with Gasteiger partial charge in [-0.15, -0.1) is 0 Å². The fourth-order valence-corrected chi connectivity index (χ4v) is 2.85. The lowest BCUT2D eigenvalue weighted by molar-refractivity contribution is 0.477. The van der Waals surface area contributed by atoms with Crippen LogP contribution in [-0.2, 0) is 0 Å². The molecule has 0 unspecified atom stereocenters. The molecule has 108 valence electrons. The number of anilines is 2. The van der Waals surface area contributed by atoms with Gasteiger partial charge >= 0.3 is 0 Å². The number of fused-ring (bicyclic) bond motifs is 1. The molecule has 2 aromatic carbocycles. The summed E-state index contributed by atoms with van der Waals surface area (Å²) in [6.07, 6.45) is 0. The smallest absolute Gasteiger partial charge is 0.300 e. The van der Waals surface area contributed by atoms with Gasteiger partial charge < -0.3 is 14.8 Å². The van der Waals surface area contributed by atoms with Crippen molar-refractivity contribution >= 4 is 69.2 Å². The van der Waals surface area contributed by atoms with Crippen molar-refractivity contribution in [3.05, 3.63) is 44.4 Å². The molecule has 4 nitrogen and oxygen atoms in total. The lowest BCUT2D eigenvalue weighted by Crippen LogP contribution is -1.92. The van der Waals surface area contributed by atoms with Crippen LogP contribution < -0.4 is 5.32 Å². The van der Waals surface area contributed by atoms with Crippen LogP contribution in [-0.4, -0.2) is 10.1 Å². The van der Waals surface area contributed by atoms with E-state index in [0.29, 0.717) is 26.2 Å². The third-order valence-electron chi connectivity index (χ3n) is 2.68. The number of aromatic nitrogens is 1. The first-order valence-electron chi connectivity index (χ1n) is 5.64. The molecule has 0 saturated heterocycles. The summed E-state index contributed by atoms with van der Waals surface area (Å²) in [5.74, 6) is -0.126. The van der Waals surface area contributed by atoms with Gasteiger partial charge in [0.15, 0.2) is 5.58 Å². The number of phenolic OH excluding ortho intramolecular Hbond substituents is 1. The molecule has 0 amide bonds. The van der Waals surface area contributed by atoms with E-state index >= 15 is 0 Å². The maximum atomic E-state index is 9.86. The SMILES string of the molecule is Oc1cc(Cl)cc(Cl)c1Nc1nc2c(Cl)cc(Cl)cc2o1. The number of halogens is 4. The minimum Gasteiger partial charge on any atom is -0.506 e. The first-order valence-corrected chi connectivity index (χ1v) is 7.16. The molecule has 2 N–H and O–H groups in total. The first-order chi connectivity index (χ1) is 9.94. The summed E-state index contributed by atoms with van der Waals surface area (Å²) in [5, 5.41) is 14.0. The largest absolute Gasteiger partial charge is 0.506 e. The van der Waals surface area contributed by atoms with Crippen molar-refractivity contribution in [1.29, 1.82) is 0 Å². The highest BCUT2D eigenvalue weighted by Gasteiger charge is 2.14. The average molecular weight is 364 g/mol. The lowest BCUT2D eigenvalue weighted by atomic mass is 10.3. The Bertz CT molecular complexity index is 825. The third kappa shape index (κ3) is 2.85. The molecule has 3 aromatic rings. The maximum Gasteiger partial charge on any atom is 0.300 e. The molecule has 0 aliphatic rings. The molecule has 21 heavy (non-hydrogen) atoms. The fraction of sp³-hybridized carbons (Fsp3) is 0. The van der Waals surface area contributed by atoms with Crippen LogP contribution in [0.25, 0.3) is 11.1 Å². The first kappa shape index (κ1) is 14.6. The number of hydrogen-bond acceptors (Lipinski definition) is 4. The predicted octanol–water partition coefficient (Wildman–Crippen LogP) is 5.89. The Labute approximate surface area is 139 Å². The maximum absolute atomic E-state index is 9.86. The second-order valence-corrected chi connectivity index (χ2v) is 5.85. The van der Waals surface area contributed by atoms with E-state index in [1.54, 1.807) is 12.1 Å². The van der Waals surface area contributed by atoms with E-state index in [0.717, 1.165) is 0 Å². The van der Waals surface area contributed by atoms with Crippen molar-refractivity contribution < 1.29 is 9.52 Å². The Balaban J connectivity index is 2.05. The zero-order valence-corrected chi connectivity index (χ0v) is 13.1. The van der Waals surface area contributed by atoms with Crippen LogP contribution in [0.4, 0.5) is 11.7 Å². The van der Waals surface area contributed by atoms with Gasteiger partial charge in [0.1, 0.15) is 17.0 Å². The number of oxazole rings is 1. The van der Waals surface area contributed by atoms with Crippen molar-refractivity contribution in [3.8, 4) is 5.75 Å². The molecule has 0 aliphatic carbocycles. The molecule has 0 radical (unpaired) electrons. The number of hydrogen-bond donors (Lipinski definition) is 2. The Morgan fingerprint density at radius 1 is 0.952 bits per heavy atom. The standard InChI is InChI=1S/C13H6Cl4N2O2/c14-5-1-7(16)11(9(20)3-5)18-13-19-12-8(17)2-6(15)4-10(12)21-13/h1-4,20H,(H,18,19). The highest BCUT2D eigenvalue weighted by atomic mass is 35.5. The molecular weight excluding hydrogens is 358 g/mol. The number of nitrogens with zero attached hydrogens (tertiary/aromatic N) is 1. The number of aromatic hydroxyl groups is 1. The molecule has 1 heterocycles. The average Bonchev–Trinajstić information content (AvgIpc) is 2.76. The minimum atomic E-state index is -0.126. The molecule has 3 rings (SSSR count). The van der Waals surface area contributed by atoms with Crippen LogP contribution >= 0.6 is 46.4 Å². The van der Waals surface area contributed by atoms with Gasteiger partial charge in [-0.25, -0.2) is 0 Å². The summed E-state index contributed by atoms with van der Waals surface area (Å²) in [5.41, 5.74) is 1.10. The zero-order valence-electron chi connectivity index (χ0n) is 10.1. The lowest BCUT2D eigenvalue weighted by Gasteiger charge is -2.07. The van der Waals surface area contributed by atoms with Gasteiger partial charge in [0.05, 0.1) is 10.0 Å². The van der Waals surface area contributed by atoms with Gasteiger partial charge in [-0.05, 0) is 12.1 Å². The Morgan fingerprint density at radius 2 is 1.62 bits per heavy atom. The van der Waals surface area contributed by atoms with Crippen molar-refractivity contribution in [2.24, 2.45) is 0 Å². The van der Waals surface area contributed by atoms with Gasteiger partial charge in [-0.1, -0.05) is 46.4 Å². The molecule has 0 bridgehead atoms. The number of nitrogens with one attached hydrogen (secondary N) is 1. The fourth-order valence-electron chi connectivity index (χ4n) is 1.80. The molecule has 0 spiro atoms. The van der Waals surface area contributed by atoms with Crippen LogP contribution in [0.2, 0.25) is 20.1 Å². The number of phenols is 1. The van der Waals surface area contributed by atoms with Crippen LogP contribution in [0.1, 0.15) is 0 Å². The molecular formula is C13H6Cl4N2O2. The van der Waals surface area contributed by atoms with E-state index in [9.17, 15) is 5.11 Å². The van der Waals surface area contributed by atoms with Gasteiger partial charge in [0.25, 0.3) is 6.01 Å². The molecule has 0 saturated carbocycles. The summed E-state index contributed by atoms with van der Waals surface area (Å²) in [4.78, 5) is 4.18. The number of benzene rings is 2. The van der Waals surface area contributed by atoms with Crippen LogP contribution in [0, 0.1) is 0 Å². The quantitative estimate of drug-likeness (QED) is 0.557. The minimum absolute atomic E-state index is 0.119. The monoisotopic (exact) mass is 362 g/mol. The molecule has 0 fully saturated rings. The predicted molar refractivity (Wildman–Crippen MR) is 85.4 cm³/mol. The second-order valence-electron chi connectivity index (χ2n) is 4.16. The summed E-state index contributed by atoms with van der Waals surface area (Å²) >= 11 is 23.7. The van der Waals surface area contributed by atoms with Crippen molar-refractivity contribution in [2.45, 2.75) is 0 Å². The Hall–Kier alpha value is -1.33. The second kappa shape index (κ2) is 5.46. The van der Waals surface area contributed by atoms with E-state index in [4.69, 9.17) is 50.8 Å². The summed E-state index contributed by atoms with van der Waals surface area (Å²) in [6, 6.07) is 6.10. The Morgan fingerprint density at radius 3 is 2.33 bits per heavy atom. The number of rotatable bonds is 2. The van der Waals surface area contributed by atoms with Crippen molar-refractivity contribution in [2.75, 3.05) is 5.32 Å². The summed E-state index contributed by atoms with van der Waals surface area (Å²) in [6.45, 7) is 0. The van der Waals surface area contributed by atoms with Crippen molar-refractivity contribution in [1.82, 2.24) is 4.98 Å². The van der Waals surface area contributed by atoms with E-state index < -0.39 is 0 Å². The van der Waals surface area contributed by atoms with Crippen molar-refractivity contribution in [3.63, 3.8) is 0 Å². The third-order valence-corrected chi connectivity index (χ3v) is 3.70. The highest BCUT2D eigenvalue weighted by molar-refractivity contribution is 6.38. The van der Waals surface area contributed by atoms with E-state index in [-0.39, 0.29) is 22.5 Å². The van der Waals surface area contributed by atoms with Gasteiger partial charge in [0, 0.05) is 22.2 Å². The normalized spacial score (nSPS) is 11.0. The molecule has 8 heteroatoms. The molecule has 0 aliphatic heterocycles. The molecule has 0 atom stereocenters. The molecule has 1 aromatic heterocycles. The zero-order chi connectivity index (χ0) is 15.1. The van der Waals surface area contributed by atoms with Crippen LogP contribution in [0.15, 0.2) is 28.7 Å². The summed E-state index contributed by atoms with van der Waals surface area (Å²) in [7, 11) is 0. The van der Waals surface area contributed by atoms with Gasteiger partial charge in [-0.2, -0.15) is 4.98 Å². The van der Waals surface area contributed by atoms with E-state index in [2.05, 4.69) is 10.3 Å². The van der Waals surface area contributed by atoms with Crippen LogP contribution in [0.3, 0.4) is 0 Å². The van der Waals surface area contributed by atoms with E-state index in [1.165, 1.54) is 12.1 Å². The van der Waals surface area contributed by atoms with Crippen LogP contribution in [0.5, 0.6) is 5.75 Å². The Kier molecular flexibility index (Phi) is 3.80.